The van der Waals surface area contributed by atoms with Gasteiger partial charge < -0.3 is 19.9 Å². The van der Waals surface area contributed by atoms with Gasteiger partial charge in [-0.3, -0.25) is 0 Å². The molecule has 0 heterocycles. The van der Waals surface area contributed by atoms with Crippen LogP contribution in [0.4, 0.5) is 4.79 Å². The maximum Gasteiger partial charge on any atom is 0.405 e. The molecule has 0 aromatic rings. The molecular formula is C12H17NO6. The van der Waals surface area contributed by atoms with Crippen LogP contribution in [0.15, 0.2) is 24.3 Å². The molecule has 1 amide bonds. The highest BCUT2D eigenvalue weighted by atomic mass is 16.6. The Morgan fingerprint density at radius 1 is 1.00 bits per heavy atom. The van der Waals surface area contributed by atoms with Crippen LogP contribution in [-0.2, 0) is 23.8 Å². The maximum atomic E-state index is 11.2. The van der Waals surface area contributed by atoms with E-state index in [1.54, 1.807) is 0 Å². The van der Waals surface area contributed by atoms with Gasteiger partial charge in [0.15, 0.2) is 6.10 Å². The van der Waals surface area contributed by atoms with Crippen LogP contribution in [0, 0.1) is 0 Å². The van der Waals surface area contributed by atoms with Crippen molar-refractivity contribution in [3.63, 3.8) is 0 Å². The minimum atomic E-state index is -1.07. The lowest BCUT2D eigenvalue weighted by molar-refractivity contribution is -0.147. The van der Waals surface area contributed by atoms with Crippen LogP contribution in [0.5, 0.6) is 0 Å². The summed E-state index contributed by atoms with van der Waals surface area (Å²) in [7, 11) is 0. The summed E-state index contributed by atoms with van der Waals surface area (Å²) in [5.41, 5.74) is 5.23. The predicted octanol–water partition coefficient (Wildman–Crippen LogP) is 0.689. The van der Waals surface area contributed by atoms with Crippen molar-refractivity contribution in [1.29, 1.82) is 0 Å². The van der Waals surface area contributed by atoms with E-state index in [9.17, 15) is 14.4 Å². The molecule has 19 heavy (non-hydrogen) atoms. The average Bonchev–Trinajstić information content (AvgIpc) is 2.30. The summed E-state index contributed by atoms with van der Waals surface area (Å²) in [4.78, 5) is 33.0. The van der Waals surface area contributed by atoms with E-state index in [0.717, 1.165) is 0 Å². The molecule has 0 bridgehead atoms. The van der Waals surface area contributed by atoms with Gasteiger partial charge in [0.25, 0.3) is 0 Å². The zero-order valence-electron chi connectivity index (χ0n) is 10.9. The van der Waals surface area contributed by atoms with Crippen molar-refractivity contribution >= 4 is 18.0 Å². The summed E-state index contributed by atoms with van der Waals surface area (Å²) < 4.78 is 14.2. The van der Waals surface area contributed by atoms with Crippen LogP contribution in [0.2, 0.25) is 0 Å². The Morgan fingerprint density at radius 3 is 1.63 bits per heavy atom. The highest BCUT2D eigenvalue weighted by Crippen LogP contribution is 2.01. The summed E-state index contributed by atoms with van der Waals surface area (Å²) in [5, 5.41) is 0. The Morgan fingerprint density at radius 2 is 1.37 bits per heavy atom. The van der Waals surface area contributed by atoms with Crippen LogP contribution in [0.1, 0.15) is 13.8 Å². The highest BCUT2D eigenvalue weighted by Gasteiger charge is 2.18. The number of rotatable bonds is 7. The highest BCUT2D eigenvalue weighted by molar-refractivity contribution is 5.87. The zero-order chi connectivity index (χ0) is 15.0. The van der Waals surface area contributed by atoms with Gasteiger partial charge in [-0.15, -0.1) is 0 Å². The SMILES string of the molecule is C=C(C)C(=O)OCC(COC(=O)C(=C)C)OC(N)=O. The molecule has 0 radical (unpaired) electrons. The molecule has 0 aromatic carbocycles. The second kappa shape index (κ2) is 7.91. The zero-order valence-corrected chi connectivity index (χ0v) is 10.9. The molecule has 0 aliphatic rings. The first kappa shape index (κ1) is 16.7. The van der Waals surface area contributed by atoms with E-state index >= 15 is 0 Å². The van der Waals surface area contributed by atoms with Crippen molar-refractivity contribution in [3.8, 4) is 0 Å². The minimum absolute atomic E-state index is 0.191. The minimum Gasteiger partial charge on any atom is -0.458 e. The number of esters is 2. The van der Waals surface area contributed by atoms with E-state index in [1.807, 2.05) is 0 Å². The lowest BCUT2D eigenvalue weighted by Crippen LogP contribution is -2.33. The summed E-state index contributed by atoms with van der Waals surface area (Å²) >= 11 is 0. The van der Waals surface area contributed by atoms with E-state index in [0.29, 0.717) is 0 Å². The molecule has 7 heteroatoms. The van der Waals surface area contributed by atoms with Crippen LogP contribution in [0.3, 0.4) is 0 Å². The van der Waals surface area contributed by atoms with Gasteiger partial charge in [-0.2, -0.15) is 0 Å². The van der Waals surface area contributed by atoms with Crippen LogP contribution in [0.25, 0.3) is 0 Å². The number of carbonyl (C=O) groups is 3. The van der Waals surface area contributed by atoms with E-state index in [-0.39, 0.29) is 24.4 Å². The van der Waals surface area contributed by atoms with Crippen molar-refractivity contribution in [2.75, 3.05) is 13.2 Å². The molecule has 0 spiro atoms. The quantitative estimate of drug-likeness (QED) is 0.415. The van der Waals surface area contributed by atoms with Gasteiger partial charge in [0.2, 0.25) is 0 Å². The molecule has 0 fully saturated rings. The Bertz CT molecular complexity index is 371. The van der Waals surface area contributed by atoms with E-state index < -0.39 is 24.1 Å². The fourth-order valence-corrected chi connectivity index (χ4v) is 0.864. The lowest BCUT2D eigenvalue weighted by atomic mass is 10.3. The second-order valence-corrected chi connectivity index (χ2v) is 3.82. The molecule has 106 valence electrons. The first-order valence-electron chi connectivity index (χ1n) is 5.35. The smallest absolute Gasteiger partial charge is 0.405 e. The van der Waals surface area contributed by atoms with Gasteiger partial charge in [-0.1, -0.05) is 13.2 Å². The molecule has 0 atom stereocenters. The standard InChI is InChI=1S/C12H17NO6/c1-7(2)10(14)17-5-9(19-12(13)16)6-18-11(15)8(3)4/h9H,1,3,5-6H2,2,4H3,(H2,13,16). The fraction of sp³-hybridized carbons (Fsp3) is 0.417. The van der Waals surface area contributed by atoms with Gasteiger partial charge in [-0.05, 0) is 13.8 Å². The number of carbonyl (C=O) groups excluding carboxylic acids is 3. The molecule has 0 saturated carbocycles. The molecule has 0 unspecified atom stereocenters. The first-order chi connectivity index (χ1) is 8.73. The lowest BCUT2D eigenvalue weighted by Gasteiger charge is -2.16. The molecule has 0 aliphatic carbocycles. The third-order valence-electron chi connectivity index (χ3n) is 1.78. The van der Waals surface area contributed by atoms with Crippen LogP contribution < -0.4 is 5.73 Å². The van der Waals surface area contributed by atoms with Crippen LogP contribution in [-0.4, -0.2) is 37.3 Å². The van der Waals surface area contributed by atoms with Crippen molar-refractivity contribution in [2.24, 2.45) is 5.73 Å². The third-order valence-corrected chi connectivity index (χ3v) is 1.78. The molecular weight excluding hydrogens is 254 g/mol. The third kappa shape index (κ3) is 7.58. The predicted molar refractivity (Wildman–Crippen MR) is 66.0 cm³/mol. The molecule has 0 rings (SSSR count). The van der Waals surface area contributed by atoms with Gasteiger partial charge in [0.05, 0.1) is 0 Å². The summed E-state index contributed by atoms with van der Waals surface area (Å²) in [6.45, 7) is 9.12. The monoisotopic (exact) mass is 271 g/mol. The molecule has 0 aliphatic heterocycles. The molecule has 0 saturated heterocycles. The number of hydrogen-bond donors (Lipinski definition) is 1. The van der Waals surface area contributed by atoms with E-state index in [2.05, 4.69) is 17.9 Å². The van der Waals surface area contributed by atoms with Gasteiger partial charge in [0.1, 0.15) is 13.2 Å². The Kier molecular flexibility index (Phi) is 6.95. The van der Waals surface area contributed by atoms with Gasteiger partial charge in [-0.25, -0.2) is 14.4 Å². The first-order valence-corrected chi connectivity index (χ1v) is 5.35. The summed E-state index contributed by atoms with van der Waals surface area (Å²) in [6, 6.07) is 0. The second-order valence-electron chi connectivity index (χ2n) is 3.82. The van der Waals surface area contributed by atoms with Crippen molar-refractivity contribution in [2.45, 2.75) is 20.0 Å². The maximum absolute atomic E-state index is 11.2. The van der Waals surface area contributed by atoms with Crippen molar-refractivity contribution in [3.05, 3.63) is 24.3 Å². The Hall–Kier alpha value is -2.31. The number of amides is 1. The number of hydrogen-bond acceptors (Lipinski definition) is 6. The molecule has 0 aromatic heterocycles. The van der Waals surface area contributed by atoms with Gasteiger partial charge in [0, 0.05) is 11.1 Å². The average molecular weight is 271 g/mol. The molecule has 7 nitrogen and oxygen atoms in total. The van der Waals surface area contributed by atoms with E-state index in [4.69, 9.17) is 15.2 Å². The van der Waals surface area contributed by atoms with E-state index in [1.165, 1.54) is 13.8 Å². The van der Waals surface area contributed by atoms with Crippen LogP contribution >= 0.6 is 0 Å². The van der Waals surface area contributed by atoms with Gasteiger partial charge >= 0.3 is 18.0 Å². The number of ether oxygens (including phenoxy) is 3. The van der Waals surface area contributed by atoms with Crippen molar-refractivity contribution in [1.82, 2.24) is 0 Å². The Balaban J connectivity index is 4.34. The summed E-state index contributed by atoms with van der Waals surface area (Å²) in [6.07, 6.45) is -2.05. The number of primary amides is 1. The summed E-state index contributed by atoms with van der Waals surface area (Å²) in [5.74, 6) is -1.30. The normalized spacial score (nSPS) is 9.63. The number of nitrogens with two attached hydrogens (primary N) is 1. The Labute approximate surface area is 111 Å². The topological polar surface area (TPSA) is 105 Å². The molecule has 2 N–H and O–H groups in total. The van der Waals surface area contributed by atoms with Crippen molar-refractivity contribution < 1.29 is 28.6 Å². The fourth-order valence-electron chi connectivity index (χ4n) is 0.864. The largest absolute Gasteiger partial charge is 0.458 e.